The molecular formula is C12H16N2. The summed E-state index contributed by atoms with van der Waals surface area (Å²) in [7, 11) is 0. The first kappa shape index (κ1) is 9.41. The second kappa shape index (κ2) is 4.38. The summed E-state index contributed by atoms with van der Waals surface area (Å²) in [6.07, 6.45) is 9.22. The molecule has 2 nitrogen and oxygen atoms in total. The summed E-state index contributed by atoms with van der Waals surface area (Å²) in [5.74, 6) is 0. The van der Waals surface area contributed by atoms with Gasteiger partial charge >= 0.3 is 0 Å². The number of hydrogen-bond donors (Lipinski definition) is 1. The van der Waals surface area contributed by atoms with Crippen LogP contribution in [0.4, 0.5) is 0 Å². The van der Waals surface area contributed by atoms with Crippen LogP contribution in [0, 0.1) is 0 Å². The van der Waals surface area contributed by atoms with E-state index in [1.807, 2.05) is 18.5 Å². The molecule has 14 heavy (non-hydrogen) atoms. The van der Waals surface area contributed by atoms with E-state index in [1.165, 1.54) is 24.0 Å². The number of pyridine rings is 1. The lowest BCUT2D eigenvalue weighted by molar-refractivity contribution is 0.644. The van der Waals surface area contributed by atoms with Crippen molar-refractivity contribution in [3.63, 3.8) is 0 Å². The molecule has 1 aliphatic rings. The van der Waals surface area contributed by atoms with Gasteiger partial charge in [0, 0.05) is 18.4 Å². The third-order valence-corrected chi connectivity index (χ3v) is 2.66. The molecule has 2 heterocycles. The molecule has 1 aliphatic heterocycles. The number of hydrogen-bond acceptors (Lipinski definition) is 2. The number of nitrogens with one attached hydrogen (secondary N) is 1. The summed E-state index contributed by atoms with van der Waals surface area (Å²) in [5.41, 5.74) is 2.58. The first-order valence-corrected chi connectivity index (χ1v) is 5.18. The molecule has 0 radical (unpaired) electrons. The predicted octanol–water partition coefficient (Wildman–Crippen LogP) is 2.23. The average molecular weight is 188 g/mol. The third-order valence-electron chi connectivity index (χ3n) is 2.66. The molecule has 1 unspecified atom stereocenters. The van der Waals surface area contributed by atoms with Gasteiger partial charge in [0.15, 0.2) is 0 Å². The van der Waals surface area contributed by atoms with E-state index in [-0.39, 0.29) is 0 Å². The number of aromatic nitrogens is 1. The highest BCUT2D eigenvalue weighted by Gasteiger charge is 2.16. The maximum Gasteiger partial charge on any atom is 0.0336 e. The SMILES string of the molecule is C=CCc1cncc(C2CCCN2)c1. The van der Waals surface area contributed by atoms with Crippen LogP contribution in [0.1, 0.15) is 30.0 Å². The zero-order chi connectivity index (χ0) is 9.80. The lowest BCUT2D eigenvalue weighted by atomic mass is 10.0. The van der Waals surface area contributed by atoms with Gasteiger partial charge in [0.2, 0.25) is 0 Å². The van der Waals surface area contributed by atoms with E-state index in [9.17, 15) is 0 Å². The van der Waals surface area contributed by atoms with Gasteiger partial charge in [0.05, 0.1) is 0 Å². The highest BCUT2D eigenvalue weighted by molar-refractivity contribution is 5.23. The Morgan fingerprint density at radius 3 is 3.21 bits per heavy atom. The fourth-order valence-electron chi connectivity index (χ4n) is 1.95. The van der Waals surface area contributed by atoms with Crippen molar-refractivity contribution in [3.8, 4) is 0 Å². The molecule has 1 saturated heterocycles. The molecule has 0 bridgehead atoms. The van der Waals surface area contributed by atoms with E-state index in [1.54, 1.807) is 0 Å². The van der Waals surface area contributed by atoms with Crippen LogP contribution in [0.25, 0.3) is 0 Å². The first-order valence-electron chi connectivity index (χ1n) is 5.18. The second-order valence-electron chi connectivity index (χ2n) is 3.77. The Morgan fingerprint density at radius 1 is 1.57 bits per heavy atom. The Labute approximate surface area is 85.1 Å². The van der Waals surface area contributed by atoms with Crippen LogP contribution in [-0.2, 0) is 6.42 Å². The van der Waals surface area contributed by atoms with Crippen molar-refractivity contribution in [1.29, 1.82) is 0 Å². The van der Waals surface area contributed by atoms with E-state index < -0.39 is 0 Å². The minimum atomic E-state index is 0.521. The molecule has 2 rings (SSSR count). The average Bonchev–Trinajstić information content (AvgIpc) is 2.71. The summed E-state index contributed by atoms with van der Waals surface area (Å²) >= 11 is 0. The van der Waals surface area contributed by atoms with Crippen molar-refractivity contribution in [3.05, 3.63) is 42.2 Å². The second-order valence-corrected chi connectivity index (χ2v) is 3.77. The molecule has 1 N–H and O–H groups in total. The molecular weight excluding hydrogens is 172 g/mol. The van der Waals surface area contributed by atoms with E-state index in [4.69, 9.17) is 0 Å². The molecule has 1 fully saturated rings. The maximum atomic E-state index is 4.26. The Kier molecular flexibility index (Phi) is 2.94. The fraction of sp³-hybridized carbons (Fsp3) is 0.417. The molecule has 74 valence electrons. The predicted molar refractivity (Wildman–Crippen MR) is 58.1 cm³/mol. The Morgan fingerprint density at radius 2 is 2.50 bits per heavy atom. The van der Waals surface area contributed by atoms with Gasteiger partial charge in [-0.3, -0.25) is 4.98 Å². The van der Waals surface area contributed by atoms with E-state index in [0.717, 1.165) is 13.0 Å². The minimum absolute atomic E-state index is 0.521. The van der Waals surface area contributed by atoms with E-state index in [2.05, 4.69) is 22.9 Å². The standard InChI is InChI=1S/C12H16N2/c1-2-4-10-7-11(9-13-8-10)12-5-3-6-14-12/h2,7-9,12,14H,1,3-6H2. The topological polar surface area (TPSA) is 24.9 Å². The van der Waals surface area contributed by atoms with Crippen LogP contribution in [0.2, 0.25) is 0 Å². The van der Waals surface area contributed by atoms with Crippen molar-refractivity contribution >= 4 is 0 Å². The molecule has 0 aliphatic carbocycles. The summed E-state index contributed by atoms with van der Waals surface area (Å²) in [6, 6.07) is 2.75. The van der Waals surface area contributed by atoms with Gasteiger partial charge in [-0.15, -0.1) is 6.58 Å². The highest BCUT2D eigenvalue weighted by atomic mass is 14.9. The molecule has 0 amide bonds. The van der Waals surface area contributed by atoms with Crippen molar-refractivity contribution < 1.29 is 0 Å². The molecule has 1 atom stereocenters. The summed E-state index contributed by atoms with van der Waals surface area (Å²) in [5, 5.41) is 3.48. The molecule has 1 aromatic rings. The zero-order valence-corrected chi connectivity index (χ0v) is 8.37. The quantitative estimate of drug-likeness (QED) is 0.736. The molecule has 2 heteroatoms. The van der Waals surface area contributed by atoms with Crippen molar-refractivity contribution in [2.75, 3.05) is 6.54 Å². The van der Waals surface area contributed by atoms with E-state index >= 15 is 0 Å². The first-order chi connectivity index (χ1) is 6.90. The molecule has 0 spiro atoms. The Hall–Kier alpha value is -1.15. The van der Waals surface area contributed by atoms with Gasteiger partial charge in [0.1, 0.15) is 0 Å². The lowest BCUT2D eigenvalue weighted by Crippen LogP contribution is -2.13. The lowest BCUT2D eigenvalue weighted by Gasteiger charge is -2.10. The Bertz CT molecular complexity index is 314. The smallest absolute Gasteiger partial charge is 0.0336 e. The fourth-order valence-corrected chi connectivity index (χ4v) is 1.95. The number of rotatable bonds is 3. The Balaban J connectivity index is 2.16. The monoisotopic (exact) mass is 188 g/mol. The van der Waals surface area contributed by atoms with Gasteiger partial charge < -0.3 is 5.32 Å². The van der Waals surface area contributed by atoms with Gasteiger partial charge in [0.25, 0.3) is 0 Å². The summed E-state index contributed by atoms with van der Waals surface area (Å²) in [4.78, 5) is 4.26. The van der Waals surface area contributed by atoms with Crippen LogP contribution < -0.4 is 5.32 Å². The largest absolute Gasteiger partial charge is 0.310 e. The van der Waals surface area contributed by atoms with Crippen molar-refractivity contribution in [2.24, 2.45) is 0 Å². The van der Waals surface area contributed by atoms with Crippen LogP contribution in [0.5, 0.6) is 0 Å². The van der Waals surface area contributed by atoms with Gasteiger partial charge in [-0.25, -0.2) is 0 Å². The third kappa shape index (κ3) is 2.02. The molecule has 0 aromatic carbocycles. The van der Waals surface area contributed by atoms with Crippen molar-refractivity contribution in [2.45, 2.75) is 25.3 Å². The molecule has 0 saturated carbocycles. The van der Waals surface area contributed by atoms with E-state index in [0.29, 0.717) is 6.04 Å². The normalized spacial score (nSPS) is 21.0. The minimum Gasteiger partial charge on any atom is -0.310 e. The summed E-state index contributed by atoms with van der Waals surface area (Å²) in [6.45, 7) is 4.88. The summed E-state index contributed by atoms with van der Waals surface area (Å²) < 4.78 is 0. The van der Waals surface area contributed by atoms with Gasteiger partial charge in [-0.1, -0.05) is 12.1 Å². The van der Waals surface area contributed by atoms with Crippen LogP contribution >= 0.6 is 0 Å². The zero-order valence-electron chi connectivity index (χ0n) is 8.37. The van der Waals surface area contributed by atoms with Crippen LogP contribution in [0.3, 0.4) is 0 Å². The molecule has 1 aromatic heterocycles. The van der Waals surface area contributed by atoms with Gasteiger partial charge in [-0.05, 0) is 36.9 Å². The van der Waals surface area contributed by atoms with Crippen LogP contribution in [-0.4, -0.2) is 11.5 Å². The van der Waals surface area contributed by atoms with Gasteiger partial charge in [-0.2, -0.15) is 0 Å². The van der Waals surface area contributed by atoms with Crippen LogP contribution in [0.15, 0.2) is 31.1 Å². The maximum absolute atomic E-state index is 4.26. The van der Waals surface area contributed by atoms with Crippen molar-refractivity contribution in [1.82, 2.24) is 10.3 Å². The number of nitrogens with zero attached hydrogens (tertiary/aromatic N) is 1. The highest BCUT2D eigenvalue weighted by Crippen LogP contribution is 2.22. The number of allylic oxidation sites excluding steroid dienone is 1.